The molecule has 2 heterocycles. The number of halogens is 1. The Morgan fingerprint density at radius 3 is 2.76 bits per heavy atom. The summed E-state index contributed by atoms with van der Waals surface area (Å²) in [5.74, 6) is -0.151. The summed E-state index contributed by atoms with van der Waals surface area (Å²) in [5, 5.41) is 24.8. The zero-order valence-corrected chi connectivity index (χ0v) is 18.2. The van der Waals surface area contributed by atoms with Crippen LogP contribution in [0.15, 0.2) is 60.8 Å². The third kappa shape index (κ3) is 5.30. The maximum Gasteiger partial charge on any atom is 0.320 e. The largest absolute Gasteiger partial charge is 0.480 e. The molecule has 2 aromatic heterocycles. The maximum atomic E-state index is 10.9. The monoisotopic (exact) mass is 464 g/mol. The van der Waals surface area contributed by atoms with Crippen LogP contribution in [0.4, 0.5) is 5.95 Å². The van der Waals surface area contributed by atoms with Crippen molar-refractivity contribution < 1.29 is 9.90 Å². The topological polar surface area (TPSA) is 145 Å². The lowest BCUT2D eigenvalue weighted by atomic mass is 10.1. The summed E-state index contributed by atoms with van der Waals surface area (Å²) < 4.78 is 1.62. The fraction of sp³-hybridized carbons (Fsp3) is 0.182. The van der Waals surface area contributed by atoms with E-state index in [1.807, 2.05) is 42.5 Å². The quantitative estimate of drug-likeness (QED) is 0.318. The van der Waals surface area contributed by atoms with E-state index >= 15 is 0 Å². The molecule has 0 amide bonds. The lowest BCUT2D eigenvalue weighted by Gasteiger charge is -2.12. The van der Waals surface area contributed by atoms with E-state index in [0.717, 1.165) is 11.3 Å². The van der Waals surface area contributed by atoms with E-state index in [4.69, 9.17) is 22.4 Å². The van der Waals surface area contributed by atoms with Gasteiger partial charge in [0, 0.05) is 23.3 Å². The first-order valence-corrected chi connectivity index (χ1v) is 10.6. The summed E-state index contributed by atoms with van der Waals surface area (Å²) in [7, 11) is 0. The summed E-state index contributed by atoms with van der Waals surface area (Å²) >= 11 is 6.23. The minimum Gasteiger partial charge on any atom is -0.480 e. The molecule has 0 spiro atoms. The van der Waals surface area contributed by atoms with Crippen LogP contribution in [0, 0.1) is 0 Å². The van der Waals surface area contributed by atoms with Crippen LogP contribution in [0.2, 0.25) is 5.02 Å². The van der Waals surface area contributed by atoms with Gasteiger partial charge in [-0.2, -0.15) is 4.68 Å². The van der Waals surface area contributed by atoms with E-state index < -0.39 is 12.0 Å². The van der Waals surface area contributed by atoms with Crippen LogP contribution in [0.25, 0.3) is 28.3 Å². The van der Waals surface area contributed by atoms with Crippen LogP contribution < -0.4 is 11.1 Å². The highest BCUT2D eigenvalue weighted by Gasteiger charge is 2.19. The van der Waals surface area contributed by atoms with Crippen LogP contribution in [0.3, 0.4) is 0 Å². The number of aliphatic carboxylic acids is 1. The van der Waals surface area contributed by atoms with Crippen molar-refractivity contribution in [1.82, 2.24) is 30.2 Å². The number of anilines is 1. The second-order valence-electron chi connectivity index (χ2n) is 7.23. The number of para-hydroxylation sites is 1. The highest BCUT2D eigenvalue weighted by molar-refractivity contribution is 6.30. The van der Waals surface area contributed by atoms with Crippen LogP contribution in [-0.4, -0.2) is 53.8 Å². The van der Waals surface area contributed by atoms with Crippen molar-refractivity contribution in [3.63, 3.8) is 0 Å². The van der Waals surface area contributed by atoms with Gasteiger partial charge in [0.1, 0.15) is 6.04 Å². The smallest absolute Gasteiger partial charge is 0.320 e. The number of carboxylic acids is 1. The molecule has 0 saturated heterocycles. The van der Waals surface area contributed by atoms with Gasteiger partial charge >= 0.3 is 5.97 Å². The summed E-state index contributed by atoms with van der Waals surface area (Å²) in [4.78, 5) is 20.0. The second-order valence-corrected chi connectivity index (χ2v) is 7.67. The molecule has 2 aromatic carbocycles. The molecular weight excluding hydrogens is 444 g/mol. The fourth-order valence-electron chi connectivity index (χ4n) is 3.23. The van der Waals surface area contributed by atoms with Crippen LogP contribution in [-0.2, 0) is 4.79 Å². The molecule has 4 rings (SSSR count). The predicted octanol–water partition coefficient (Wildman–Crippen LogP) is 3.04. The number of nitrogens with two attached hydrogens (primary N) is 1. The molecule has 1 atom stereocenters. The van der Waals surface area contributed by atoms with Gasteiger partial charge in [-0.15, -0.1) is 5.10 Å². The highest BCUT2D eigenvalue weighted by Crippen LogP contribution is 2.31. The number of benzene rings is 2. The molecule has 0 saturated carbocycles. The number of nitrogens with one attached hydrogen (secondary N) is 1. The zero-order valence-electron chi connectivity index (χ0n) is 17.5. The van der Waals surface area contributed by atoms with Crippen molar-refractivity contribution in [3.8, 4) is 28.3 Å². The molecule has 0 unspecified atom stereocenters. The number of hydrogen-bond donors (Lipinski definition) is 3. The van der Waals surface area contributed by atoms with E-state index in [-0.39, 0.29) is 0 Å². The summed E-state index contributed by atoms with van der Waals surface area (Å²) in [5.41, 5.74) is 8.36. The first-order valence-electron chi connectivity index (χ1n) is 10.2. The van der Waals surface area contributed by atoms with Gasteiger partial charge in [0.2, 0.25) is 5.95 Å². The Morgan fingerprint density at radius 2 is 2.00 bits per heavy atom. The minimum absolute atomic E-state index is 0.341. The van der Waals surface area contributed by atoms with E-state index in [1.165, 1.54) is 0 Å². The lowest BCUT2D eigenvalue weighted by Crippen LogP contribution is -2.30. The van der Waals surface area contributed by atoms with E-state index in [2.05, 4.69) is 30.8 Å². The number of carboxylic acid groups (broad SMARTS) is 1. The lowest BCUT2D eigenvalue weighted by molar-refractivity contribution is -0.138. The van der Waals surface area contributed by atoms with Crippen molar-refractivity contribution in [2.75, 3.05) is 11.9 Å². The normalized spacial score (nSPS) is 11.8. The summed E-state index contributed by atoms with van der Waals surface area (Å²) in [6.07, 6.45) is 2.55. The molecule has 0 aliphatic heterocycles. The molecule has 0 fully saturated rings. The number of aromatic nitrogens is 6. The molecule has 0 radical (unpaired) electrons. The van der Waals surface area contributed by atoms with Crippen molar-refractivity contribution in [1.29, 1.82) is 0 Å². The fourth-order valence-corrected chi connectivity index (χ4v) is 3.42. The van der Waals surface area contributed by atoms with Gasteiger partial charge in [0.25, 0.3) is 0 Å². The molecule has 168 valence electrons. The Bertz CT molecular complexity index is 1250. The molecule has 0 aliphatic rings. The molecule has 0 aliphatic carbocycles. The molecule has 11 heteroatoms. The Kier molecular flexibility index (Phi) is 6.86. The Morgan fingerprint density at radius 1 is 1.18 bits per heavy atom. The number of tetrazole rings is 1. The Hall–Kier alpha value is -3.89. The van der Waals surface area contributed by atoms with Crippen LogP contribution in [0.5, 0.6) is 0 Å². The minimum atomic E-state index is -1.02. The van der Waals surface area contributed by atoms with Gasteiger partial charge in [-0.25, -0.2) is 9.97 Å². The van der Waals surface area contributed by atoms with Crippen LogP contribution >= 0.6 is 11.6 Å². The molecule has 10 nitrogen and oxygen atoms in total. The first kappa shape index (κ1) is 22.3. The molecule has 4 aromatic rings. The Balaban J connectivity index is 1.67. The first-order chi connectivity index (χ1) is 16.0. The molecule has 33 heavy (non-hydrogen) atoms. The second kappa shape index (κ2) is 10.2. The van der Waals surface area contributed by atoms with Crippen molar-refractivity contribution >= 4 is 23.5 Å². The zero-order chi connectivity index (χ0) is 23.2. The summed E-state index contributed by atoms with van der Waals surface area (Å²) in [6, 6.07) is 15.9. The standard InChI is InChI=1S/C22H21ClN8O2/c23-15-7-4-6-14(12-15)19-17(20-28-29-30-31(20)16-8-2-1-3-9-16)13-26-22(27-19)25-11-5-10-18(24)21(32)33/h1-4,6-9,12-13,18H,5,10-11,24H2,(H,32,33)(H,25,26,27)/t18-/m0/s1. The highest BCUT2D eigenvalue weighted by atomic mass is 35.5. The van der Waals surface area contributed by atoms with Crippen molar-refractivity contribution in [2.24, 2.45) is 5.73 Å². The van der Waals surface area contributed by atoms with Gasteiger partial charge < -0.3 is 16.2 Å². The van der Waals surface area contributed by atoms with Crippen molar-refractivity contribution in [3.05, 3.63) is 65.8 Å². The molecule has 0 bridgehead atoms. The SMILES string of the molecule is N[C@@H](CCCNc1ncc(-c2nnnn2-c2ccccc2)c(-c2cccc(Cl)c2)n1)C(=O)O. The molecule has 4 N–H and O–H groups in total. The number of hydrogen-bond acceptors (Lipinski definition) is 8. The van der Waals surface area contributed by atoms with Gasteiger partial charge in [-0.1, -0.05) is 41.9 Å². The van der Waals surface area contributed by atoms with Gasteiger partial charge in [0.15, 0.2) is 5.82 Å². The summed E-state index contributed by atoms with van der Waals surface area (Å²) in [6.45, 7) is 0.469. The van der Waals surface area contributed by atoms with Gasteiger partial charge in [-0.3, -0.25) is 4.79 Å². The van der Waals surface area contributed by atoms with Crippen LogP contribution in [0.1, 0.15) is 12.8 Å². The third-order valence-electron chi connectivity index (χ3n) is 4.89. The van der Waals surface area contributed by atoms with Gasteiger partial charge in [0.05, 0.1) is 16.9 Å². The predicted molar refractivity (Wildman–Crippen MR) is 124 cm³/mol. The van der Waals surface area contributed by atoms with E-state index in [1.54, 1.807) is 23.0 Å². The van der Waals surface area contributed by atoms with E-state index in [0.29, 0.717) is 47.4 Å². The molecular formula is C22H21ClN8O2. The Labute approximate surface area is 194 Å². The number of carbonyl (C=O) groups is 1. The number of rotatable bonds is 9. The maximum absolute atomic E-state index is 10.9. The average Bonchev–Trinajstić information content (AvgIpc) is 3.32. The average molecular weight is 465 g/mol. The van der Waals surface area contributed by atoms with Crippen molar-refractivity contribution in [2.45, 2.75) is 18.9 Å². The number of nitrogens with zero attached hydrogens (tertiary/aromatic N) is 6. The third-order valence-corrected chi connectivity index (χ3v) is 5.13. The van der Waals surface area contributed by atoms with Gasteiger partial charge in [-0.05, 0) is 47.5 Å². The van der Waals surface area contributed by atoms with E-state index in [9.17, 15) is 4.79 Å².